The van der Waals surface area contributed by atoms with Crippen LogP contribution in [-0.4, -0.2) is 23.4 Å². The van der Waals surface area contributed by atoms with Crippen LogP contribution in [0.25, 0.3) is 22.4 Å². The molecule has 6 nitrogen and oxygen atoms in total. The molecule has 0 unspecified atom stereocenters. The van der Waals surface area contributed by atoms with Crippen LogP contribution in [0.4, 0.5) is 0 Å². The molecule has 0 saturated carbocycles. The van der Waals surface area contributed by atoms with Crippen LogP contribution in [0, 0.1) is 12.3 Å². The number of aryl methyl sites for hydroxylation is 2. The topological polar surface area (TPSA) is 74.9 Å². The van der Waals surface area contributed by atoms with Crippen LogP contribution in [-0.2, 0) is 25.0 Å². The van der Waals surface area contributed by atoms with E-state index in [1.165, 1.54) is 0 Å². The number of pyridine rings is 1. The fourth-order valence-corrected chi connectivity index (χ4v) is 4.45. The standard InChI is InChI=1S/C25H36N4O2S/c1-16-10-11-18(17(2)27-32(31)25(6,7)8)14-19(16)20-12-13-21-22(26-20)28(9)23(30)29(21)15-24(3,4)5/h10-14,17,27H,15H2,1-9H3/t17-,32+/m0/s1. The molecule has 0 bridgehead atoms. The molecule has 3 aromatic rings. The maximum absolute atomic E-state index is 12.9. The van der Waals surface area contributed by atoms with E-state index in [0.717, 1.165) is 27.9 Å². The quantitative estimate of drug-likeness (QED) is 0.556. The van der Waals surface area contributed by atoms with E-state index in [1.807, 2.05) is 44.4 Å². The minimum absolute atomic E-state index is 0.0159. The van der Waals surface area contributed by atoms with E-state index in [-0.39, 0.29) is 21.9 Å². The zero-order valence-corrected chi connectivity index (χ0v) is 21.6. The second-order valence-electron chi connectivity index (χ2n) is 10.8. The molecule has 0 aliphatic heterocycles. The van der Waals surface area contributed by atoms with Crippen LogP contribution in [0.15, 0.2) is 35.1 Å². The summed E-state index contributed by atoms with van der Waals surface area (Å²) in [5.41, 5.74) is 5.45. The largest absolute Gasteiger partial charge is 0.598 e. The van der Waals surface area contributed by atoms with Crippen molar-refractivity contribution in [2.75, 3.05) is 0 Å². The van der Waals surface area contributed by atoms with Gasteiger partial charge in [0.05, 0.1) is 17.3 Å². The lowest BCUT2D eigenvalue weighted by Gasteiger charge is -2.26. The summed E-state index contributed by atoms with van der Waals surface area (Å²) in [7, 11) is 1.78. The molecule has 0 radical (unpaired) electrons. The Labute approximate surface area is 194 Å². The van der Waals surface area contributed by atoms with Crippen molar-refractivity contribution in [1.29, 1.82) is 0 Å². The van der Waals surface area contributed by atoms with Gasteiger partial charge < -0.3 is 4.55 Å². The third-order valence-electron chi connectivity index (χ3n) is 5.49. The van der Waals surface area contributed by atoms with E-state index in [2.05, 4.69) is 50.6 Å². The summed E-state index contributed by atoms with van der Waals surface area (Å²) < 4.78 is 18.8. The molecule has 0 spiro atoms. The van der Waals surface area contributed by atoms with Crippen molar-refractivity contribution in [2.24, 2.45) is 12.5 Å². The molecule has 0 aliphatic carbocycles. The fourth-order valence-electron chi connectivity index (χ4n) is 3.64. The van der Waals surface area contributed by atoms with Gasteiger partial charge in [-0.2, -0.15) is 0 Å². The maximum atomic E-state index is 12.9. The zero-order valence-electron chi connectivity index (χ0n) is 20.7. The number of imidazole rings is 1. The van der Waals surface area contributed by atoms with Crippen molar-refractivity contribution in [2.45, 2.75) is 72.7 Å². The molecule has 174 valence electrons. The summed E-state index contributed by atoms with van der Waals surface area (Å²) in [6.45, 7) is 16.9. The molecule has 3 rings (SSSR count). The Morgan fingerprint density at radius 1 is 1.12 bits per heavy atom. The first-order valence-corrected chi connectivity index (χ1v) is 12.2. The van der Waals surface area contributed by atoms with E-state index in [1.54, 1.807) is 11.6 Å². The summed E-state index contributed by atoms with van der Waals surface area (Å²) in [6.07, 6.45) is 0. The lowest BCUT2D eigenvalue weighted by Crippen LogP contribution is -2.40. The smallest absolute Gasteiger partial charge is 0.330 e. The number of nitrogens with one attached hydrogen (secondary N) is 1. The van der Waals surface area contributed by atoms with Gasteiger partial charge in [0.15, 0.2) is 5.65 Å². The van der Waals surface area contributed by atoms with Gasteiger partial charge in [-0.3, -0.25) is 9.13 Å². The Hall–Kier alpha value is -2.09. The highest BCUT2D eigenvalue weighted by molar-refractivity contribution is 7.90. The SMILES string of the molecule is Cc1ccc([C@H](C)N[S@+]([O-])C(C)(C)C)cc1-c1ccc2c(n1)n(C)c(=O)n2CC(C)(C)C. The number of hydrogen-bond acceptors (Lipinski definition) is 4. The lowest BCUT2D eigenvalue weighted by molar-refractivity contribution is 0.342. The van der Waals surface area contributed by atoms with E-state index >= 15 is 0 Å². The third kappa shape index (κ3) is 5.11. The number of rotatable bonds is 5. The molecule has 1 N–H and O–H groups in total. The second-order valence-corrected chi connectivity index (χ2v) is 12.8. The Balaban J connectivity index is 2.03. The summed E-state index contributed by atoms with van der Waals surface area (Å²) in [5.74, 6) is 0. The van der Waals surface area contributed by atoms with Crippen molar-refractivity contribution < 1.29 is 4.55 Å². The second kappa shape index (κ2) is 8.69. The highest BCUT2D eigenvalue weighted by atomic mass is 32.2. The van der Waals surface area contributed by atoms with Crippen LogP contribution in [0.5, 0.6) is 0 Å². The van der Waals surface area contributed by atoms with Crippen molar-refractivity contribution in [3.05, 3.63) is 51.9 Å². The predicted octanol–water partition coefficient (Wildman–Crippen LogP) is 4.87. The van der Waals surface area contributed by atoms with Gasteiger partial charge in [0.1, 0.15) is 4.75 Å². The zero-order chi connectivity index (χ0) is 24.0. The third-order valence-corrected chi connectivity index (χ3v) is 7.17. The number of fused-ring (bicyclic) bond motifs is 1. The Bertz CT molecular complexity index is 1180. The first kappa shape index (κ1) is 24.6. The number of aromatic nitrogens is 3. The van der Waals surface area contributed by atoms with Gasteiger partial charge in [0.25, 0.3) is 0 Å². The summed E-state index contributed by atoms with van der Waals surface area (Å²) >= 11 is -1.16. The molecule has 2 aromatic heterocycles. The minimum Gasteiger partial charge on any atom is -0.598 e. The summed E-state index contributed by atoms with van der Waals surface area (Å²) in [6, 6.07) is 10.1. The molecule has 32 heavy (non-hydrogen) atoms. The Morgan fingerprint density at radius 2 is 1.78 bits per heavy atom. The van der Waals surface area contributed by atoms with Crippen molar-refractivity contribution in [3.63, 3.8) is 0 Å². The van der Waals surface area contributed by atoms with Gasteiger partial charge in [0, 0.05) is 30.5 Å². The molecule has 0 amide bonds. The van der Waals surface area contributed by atoms with Crippen molar-refractivity contribution >= 4 is 22.5 Å². The fraction of sp³-hybridized carbons (Fsp3) is 0.520. The maximum Gasteiger partial charge on any atom is 0.330 e. The van der Waals surface area contributed by atoms with Crippen LogP contribution in [0.2, 0.25) is 0 Å². The van der Waals surface area contributed by atoms with Crippen molar-refractivity contribution in [1.82, 2.24) is 18.8 Å². The number of nitrogens with zero attached hydrogens (tertiary/aromatic N) is 3. The highest BCUT2D eigenvalue weighted by Gasteiger charge is 2.28. The normalized spacial score (nSPS) is 14.7. The van der Waals surface area contributed by atoms with Crippen LogP contribution in [0.3, 0.4) is 0 Å². The molecular formula is C25H36N4O2S. The van der Waals surface area contributed by atoms with E-state index < -0.39 is 11.4 Å². The number of benzene rings is 1. The summed E-state index contributed by atoms with van der Waals surface area (Å²) in [4.78, 5) is 17.7. The van der Waals surface area contributed by atoms with Gasteiger partial charge >= 0.3 is 5.69 Å². The Morgan fingerprint density at radius 3 is 2.38 bits per heavy atom. The molecular weight excluding hydrogens is 420 g/mol. The monoisotopic (exact) mass is 456 g/mol. The molecule has 0 fully saturated rings. The first-order valence-electron chi connectivity index (χ1n) is 11.0. The van der Waals surface area contributed by atoms with Gasteiger partial charge in [-0.05, 0) is 69.4 Å². The highest BCUT2D eigenvalue weighted by Crippen LogP contribution is 2.29. The molecule has 1 aromatic carbocycles. The van der Waals surface area contributed by atoms with Gasteiger partial charge in [-0.1, -0.05) is 32.9 Å². The molecule has 0 aliphatic rings. The van der Waals surface area contributed by atoms with E-state index in [9.17, 15) is 9.35 Å². The van der Waals surface area contributed by atoms with Gasteiger partial charge in [0.2, 0.25) is 0 Å². The molecule has 0 saturated heterocycles. The predicted molar refractivity (Wildman–Crippen MR) is 134 cm³/mol. The van der Waals surface area contributed by atoms with Gasteiger partial charge in [-0.25, -0.2) is 9.78 Å². The van der Waals surface area contributed by atoms with Gasteiger partial charge in [-0.15, -0.1) is 4.72 Å². The van der Waals surface area contributed by atoms with E-state index in [0.29, 0.717) is 12.2 Å². The minimum atomic E-state index is -1.16. The van der Waals surface area contributed by atoms with Crippen LogP contribution >= 0.6 is 0 Å². The summed E-state index contributed by atoms with van der Waals surface area (Å²) in [5, 5.41) is 0. The molecule has 7 heteroatoms. The van der Waals surface area contributed by atoms with Crippen LogP contribution in [0.1, 0.15) is 65.6 Å². The molecule has 2 heterocycles. The van der Waals surface area contributed by atoms with E-state index in [4.69, 9.17) is 4.98 Å². The Kier molecular flexibility index (Phi) is 6.67. The molecule has 2 atom stereocenters. The first-order chi connectivity index (χ1) is 14.7. The van der Waals surface area contributed by atoms with Crippen molar-refractivity contribution in [3.8, 4) is 11.3 Å². The lowest BCUT2D eigenvalue weighted by atomic mass is 9.97. The number of hydrogen-bond donors (Lipinski definition) is 1. The average molecular weight is 457 g/mol. The van der Waals surface area contributed by atoms with Crippen LogP contribution < -0.4 is 10.4 Å². The average Bonchev–Trinajstić information content (AvgIpc) is 2.90.